The SMILES string of the molecule is CC(/C=C/[C@@H]1C[C@]2(CO2)CC(C)(C)O1)=C\CC1CCC(NC(=O)/C=C\[C@H](C)OC(=O)c2ccccc2)CC1. The fourth-order valence-electron chi connectivity index (χ4n) is 5.68. The number of carbonyl (C=O) groups excluding carboxylic acids is 2. The highest BCUT2D eigenvalue weighted by Gasteiger charge is 2.53. The molecule has 2 aliphatic heterocycles. The van der Waals surface area contributed by atoms with Crippen LogP contribution in [0.5, 0.6) is 0 Å². The van der Waals surface area contributed by atoms with Gasteiger partial charge in [0.25, 0.3) is 0 Å². The van der Waals surface area contributed by atoms with Crippen molar-refractivity contribution in [1.29, 1.82) is 0 Å². The van der Waals surface area contributed by atoms with E-state index in [9.17, 15) is 9.59 Å². The van der Waals surface area contributed by atoms with Crippen LogP contribution in [0.1, 0.15) is 83.0 Å². The molecule has 38 heavy (non-hydrogen) atoms. The van der Waals surface area contributed by atoms with Gasteiger partial charge in [0.05, 0.1) is 29.5 Å². The molecule has 4 rings (SSSR count). The molecule has 1 aliphatic carbocycles. The van der Waals surface area contributed by atoms with Gasteiger partial charge in [-0.15, -0.1) is 0 Å². The standard InChI is InChI=1S/C32H43NO5/c1-23(11-18-28-20-32(22-36-32)21-31(3,4)38-28)10-13-25-14-16-27(17-15-25)33-29(34)19-12-24(2)37-30(35)26-8-6-5-7-9-26/h5-12,18-19,24-25,27-28H,13-17,20-22H2,1-4H3,(H,33,34)/b18-11+,19-12-,23-10+/t24-,25?,27?,28+,32+/m0/s1. The number of esters is 1. The summed E-state index contributed by atoms with van der Waals surface area (Å²) in [5.41, 5.74) is 1.67. The predicted octanol–water partition coefficient (Wildman–Crippen LogP) is 6.08. The summed E-state index contributed by atoms with van der Waals surface area (Å²) >= 11 is 0. The molecule has 6 heteroatoms. The molecule has 0 aromatic heterocycles. The van der Waals surface area contributed by atoms with Crippen LogP contribution in [0.3, 0.4) is 0 Å². The molecule has 0 radical (unpaired) electrons. The molecule has 1 amide bonds. The second-order valence-corrected chi connectivity index (χ2v) is 11.9. The number of hydrogen-bond acceptors (Lipinski definition) is 5. The maximum Gasteiger partial charge on any atom is 0.338 e. The lowest BCUT2D eigenvalue weighted by molar-refractivity contribution is -0.117. The second-order valence-electron chi connectivity index (χ2n) is 11.9. The summed E-state index contributed by atoms with van der Waals surface area (Å²) in [6.07, 6.45) is 16.6. The van der Waals surface area contributed by atoms with Crippen molar-refractivity contribution >= 4 is 11.9 Å². The minimum absolute atomic E-state index is 0.0473. The van der Waals surface area contributed by atoms with Gasteiger partial charge in [0.1, 0.15) is 6.10 Å². The zero-order valence-corrected chi connectivity index (χ0v) is 23.3. The lowest BCUT2D eigenvalue weighted by Gasteiger charge is -2.38. The first-order valence-corrected chi connectivity index (χ1v) is 14.0. The molecule has 1 aromatic rings. The lowest BCUT2D eigenvalue weighted by Crippen LogP contribution is -2.43. The van der Waals surface area contributed by atoms with E-state index in [1.807, 2.05) is 6.07 Å². The average molecular weight is 522 g/mol. The molecule has 206 valence electrons. The summed E-state index contributed by atoms with van der Waals surface area (Å²) in [6, 6.07) is 9.05. The van der Waals surface area contributed by atoms with Crippen LogP contribution in [-0.4, -0.2) is 47.9 Å². The fraction of sp³-hybridized carbons (Fsp3) is 0.562. The molecule has 3 atom stereocenters. The van der Waals surface area contributed by atoms with Crippen LogP contribution in [0.2, 0.25) is 0 Å². The minimum Gasteiger partial charge on any atom is -0.455 e. The molecule has 1 spiro atoms. The van der Waals surface area contributed by atoms with Crippen molar-refractivity contribution in [1.82, 2.24) is 5.32 Å². The van der Waals surface area contributed by atoms with Crippen LogP contribution in [0.4, 0.5) is 0 Å². The number of nitrogens with one attached hydrogen (secondary N) is 1. The van der Waals surface area contributed by atoms with Gasteiger partial charge < -0.3 is 19.5 Å². The van der Waals surface area contributed by atoms with Crippen LogP contribution in [0, 0.1) is 5.92 Å². The largest absolute Gasteiger partial charge is 0.455 e. The van der Waals surface area contributed by atoms with Crippen molar-refractivity contribution in [2.24, 2.45) is 5.92 Å². The average Bonchev–Trinajstić information content (AvgIpc) is 3.62. The van der Waals surface area contributed by atoms with Crippen LogP contribution in [0.25, 0.3) is 0 Å². The van der Waals surface area contributed by atoms with E-state index in [4.69, 9.17) is 14.2 Å². The van der Waals surface area contributed by atoms with Crippen LogP contribution in [0.15, 0.2) is 66.3 Å². The quantitative estimate of drug-likeness (QED) is 0.184. The molecule has 3 fully saturated rings. The Hall–Kier alpha value is -2.70. The molecule has 3 aliphatic rings. The van der Waals surface area contributed by atoms with Gasteiger partial charge in [-0.3, -0.25) is 4.79 Å². The van der Waals surface area contributed by atoms with Crippen LogP contribution >= 0.6 is 0 Å². The van der Waals surface area contributed by atoms with Gasteiger partial charge in [0, 0.05) is 25.0 Å². The highest BCUT2D eigenvalue weighted by atomic mass is 16.6. The van der Waals surface area contributed by atoms with E-state index in [0.29, 0.717) is 11.5 Å². The molecule has 0 unspecified atom stereocenters. The molecule has 0 bridgehead atoms. The monoisotopic (exact) mass is 521 g/mol. The van der Waals surface area contributed by atoms with E-state index in [2.05, 4.69) is 44.3 Å². The van der Waals surface area contributed by atoms with Crippen molar-refractivity contribution in [2.75, 3.05) is 6.61 Å². The number of amides is 1. The van der Waals surface area contributed by atoms with Gasteiger partial charge in [0.15, 0.2) is 0 Å². The number of hydrogen-bond donors (Lipinski definition) is 1. The third-order valence-electron chi connectivity index (χ3n) is 7.71. The zero-order valence-electron chi connectivity index (χ0n) is 23.3. The van der Waals surface area contributed by atoms with Crippen molar-refractivity contribution in [3.05, 3.63) is 71.8 Å². The van der Waals surface area contributed by atoms with Crippen molar-refractivity contribution in [3.8, 4) is 0 Å². The van der Waals surface area contributed by atoms with E-state index in [-0.39, 0.29) is 29.3 Å². The number of rotatable bonds is 9. The Morgan fingerprint density at radius 1 is 1.13 bits per heavy atom. The Bertz CT molecular complexity index is 1040. The first kappa shape index (κ1) is 28.3. The number of allylic oxidation sites excluding steroid dienone is 3. The van der Waals surface area contributed by atoms with E-state index >= 15 is 0 Å². The predicted molar refractivity (Wildman–Crippen MR) is 149 cm³/mol. The highest BCUT2D eigenvalue weighted by molar-refractivity contribution is 5.90. The third-order valence-corrected chi connectivity index (χ3v) is 7.71. The second kappa shape index (κ2) is 12.4. The maximum absolute atomic E-state index is 12.4. The van der Waals surface area contributed by atoms with Crippen molar-refractivity contribution in [3.63, 3.8) is 0 Å². The molecule has 2 saturated heterocycles. The number of epoxide rings is 1. The normalized spacial score (nSPS) is 29.9. The summed E-state index contributed by atoms with van der Waals surface area (Å²) in [6.45, 7) is 9.07. The van der Waals surface area contributed by atoms with Gasteiger partial charge in [-0.1, -0.05) is 42.0 Å². The third kappa shape index (κ3) is 8.67. The number of carbonyl (C=O) groups is 2. The number of ether oxygens (including phenoxy) is 3. The van der Waals surface area contributed by atoms with Gasteiger partial charge in [0.2, 0.25) is 5.91 Å². The number of benzene rings is 1. The van der Waals surface area contributed by atoms with Crippen LogP contribution in [-0.2, 0) is 19.0 Å². The molecule has 1 N–H and O–H groups in total. The summed E-state index contributed by atoms with van der Waals surface area (Å²) in [5.74, 6) is 0.115. The Kier molecular flexibility index (Phi) is 9.27. The van der Waals surface area contributed by atoms with Crippen molar-refractivity contribution in [2.45, 2.75) is 102 Å². The molecule has 6 nitrogen and oxygen atoms in total. The molecule has 1 aromatic carbocycles. The van der Waals surface area contributed by atoms with E-state index in [1.54, 1.807) is 37.3 Å². The van der Waals surface area contributed by atoms with Gasteiger partial charge in [-0.05, 0) is 83.9 Å². The molecular formula is C32H43NO5. The first-order chi connectivity index (χ1) is 18.1. The molecule has 2 heterocycles. The smallest absolute Gasteiger partial charge is 0.338 e. The summed E-state index contributed by atoms with van der Waals surface area (Å²) in [7, 11) is 0. The molecule has 1 saturated carbocycles. The summed E-state index contributed by atoms with van der Waals surface area (Å²) < 4.78 is 17.4. The minimum atomic E-state index is -0.479. The Balaban J connectivity index is 1.14. The Morgan fingerprint density at radius 3 is 2.53 bits per heavy atom. The van der Waals surface area contributed by atoms with E-state index < -0.39 is 12.1 Å². The van der Waals surface area contributed by atoms with Crippen molar-refractivity contribution < 1.29 is 23.8 Å². The Morgan fingerprint density at radius 2 is 1.84 bits per heavy atom. The van der Waals surface area contributed by atoms with E-state index in [1.165, 1.54) is 11.6 Å². The first-order valence-electron chi connectivity index (χ1n) is 14.0. The zero-order chi connectivity index (χ0) is 27.2. The van der Waals surface area contributed by atoms with Gasteiger partial charge >= 0.3 is 5.97 Å². The summed E-state index contributed by atoms with van der Waals surface area (Å²) in [5, 5.41) is 3.10. The van der Waals surface area contributed by atoms with Gasteiger partial charge in [-0.2, -0.15) is 0 Å². The molecular weight excluding hydrogens is 478 g/mol. The highest BCUT2D eigenvalue weighted by Crippen LogP contribution is 2.46. The fourth-order valence-corrected chi connectivity index (χ4v) is 5.68. The van der Waals surface area contributed by atoms with Gasteiger partial charge in [-0.25, -0.2) is 4.79 Å². The summed E-state index contributed by atoms with van der Waals surface area (Å²) in [4.78, 5) is 24.5. The Labute approximate surface area is 227 Å². The van der Waals surface area contributed by atoms with Crippen LogP contribution < -0.4 is 5.32 Å². The topological polar surface area (TPSA) is 77.2 Å². The van der Waals surface area contributed by atoms with E-state index in [0.717, 1.165) is 51.6 Å². The maximum atomic E-state index is 12.4. The lowest BCUT2D eigenvalue weighted by atomic mass is 9.83.